The van der Waals surface area contributed by atoms with Gasteiger partial charge in [0.15, 0.2) is 0 Å². The molecule has 1 heterocycles. The van der Waals surface area contributed by atoms with Crippen LogP contribution in [-0.2, 0) is 12.6 Å². The van der Waals surface area contributed by atoms with E-state index in [-0.39, 0.29) is 0 Å². The Morgan fingerprint density at radius 1 is 1.50 bits per heavy atom. The van der Waals surface area contributed by atoms with Gasteiger partial charge >= 0.3 is 0 Å². The second-order valence-corrected chi connectivity index (χ2v) is 4.11. The topological polar surface area (TPSA) is 38.0 Å². The highest BCUT2D eigenvalue weighted by molar-refractivity contribution is 5.08. The predicted octanol–water partition coefficient (Wildman–Crippen LogP) is 2.21. The van der Waals surface area contributed by atoms with Gasteiger partial charge < -0.3 is 5.11 Å². The van der Waals surface area contributed by atoms with Gasteiger partial charge in [0.1, 0.15) is 5.60 Å². The van der Waals surface area contributed by atoms with E-state index >= 15 is 0 Å². The number of rotatable bonds is 5. The molecule has 0 spiro atoms. The molecule has 0 radical (unpaired) electrons. The van der Waals surface area contributed by atoms with E-state index in [1.54, 1.807) is 4.68 Å². The molecule has 1 unspecified atom stereocenters. The average molecular weight is 196 g/mol. The summed E-state index contributed by atoms with van der Waals surface area (Å²) in [5.41, 5.74) is 0.00674. The molecule has 1 N–H and O–H groups in total. The first-order chi connectivity index (χ1) is 6.56. The van der Waals surface area contributed by atoms with Gasteiger partial charge in [0, 0.05) is 13.2 Å². The fourth-order valence-corrected chi connectivity index (χ4v) is 1.55. The second-order valence-electron chi connectivity index (χ2n) is 4.11. The maximum absolute atomic E-state index is 10.1. The van der Waals surface area contributed by atoms with E-state index in [9.17, 15) is 5.11 Å². The molecular formula is C11H20N2O. The van der Waals surface area contributed by atoms with Crippen LogP contribution in [0.3, 0.4) is 0 Å². The molecular weight excluding hydrogens is 176 g/mol. The van der Waals surface area contributed by atoms with E-state index in [2.05, 4.69) is 12.0 Å². The van der Waals surface area contributed by atoms with Crippen molar-refractivity contribution in [3.05, 3.63) is 18.0 Å². The Hall–Kier alpha value is -0.830. The van der Waals surface area contributed by atoms with Gasteiger partial charge in [0.05, 0.1) is 5.69 Å². The van der Waals surface area contributed by atoms with E-state index in [4.69, 9.17) is 0 Å². The van der Waals surface area contributed by atoms with Gasteiger partial charge in [-0.3, -0.25) is 4.68 Å². The Balaban J connectivity index is 2.56. The van der Waals surface area contributed by atoms with Crippen molar-refractivity contribution in [2.45, 2.75) is 45.1 Å². The maximum atomic E-state index is 10.1. The summed E-state index contributed by atoms with van der Waals surface area (Å²) in [6.45, 7) is 4.00. The molecule has 0 aromatic carbocycles. The van der Waals surface area contributed by atoms with E-state index in [1.165, 1.54) is 12.8 Å². The molecule has 1 atom stereocenters. The molecule has 80 valence electrons. The molecule has 0 aliphatic carbocycles. The first-order valence-corrected chi connectivity index (χ1v) is 5.29. The Kier molecular flexibility index (Phi) is 3.69. The third kappa shape index (κ3) is 2.84. The molecule has 1 aromatic heterocycles. The third-order valence-electron chi connectivity index (χ3n) is 2.53. The summed E-state index contributed by atoms with van der Waals surface area (Å²) >= 11 is 0. The number of hydrogen-bond donors (Lipinski definition) is 1. The summed E-state index contributed by atoms with van der Waals surface area (Å²) in [7, 11) is 1.87. The van der Waals surface area contributed by atoms with E-state index in [1.807, 2.05) is 26.2 Å². The molecule has 0 aliphatic rings. The standard InChI is InChI=1S/C11H20N2O/c1-4-5-6-8-11(2,14)10-7-9-13(3)12-10/h7,9,14H,4-6,8H2,1-3H3. The van der Waals surface area contributed by atoms with Gasteiger partial charge in [0.2, 0.25) is 0 Å². The van der Waals surface area contributed by atoms with Crippen molar-refractivity contribution in [2.24, 2.45) is 7.05 Å². The largest absolute Gasteiger partial charge is 0.384 e. The van der Waals surface area contributed by atoms with Crippen LogP contribution in [-0.4, -0.2) is 14.9 Å². The van der Waals surface area contributed by atoms with Crippen LogP contribution in [0.1, 0.15) is 45.2 Å². The van der Waals surface area contributed by atoms with Crippen molar-refractivity contribution in [3.8, 4) is 0 Å². The number of aliphatic hydroxyl groups is 1. The van der Waals surface area contributed by atoms with Crippen LogP contribution in [0.25, 0.3) is 0 Å². The van der Waals surface area contributed by atoms with Gasteiger partial charge in [-0.1, -0.05) is 26.2 Å². The monoisotopic (exact) mass is 196 g/mol. The zero-order valence-electron chi connectivity index (χ0n) is 9.32. The van der Waals surface area contributed by atoms with Crippen LogP contribution >= 0.6 is 0 Å². The second kappa shape index (κ2) is 4.60. The highest BCUT2D eigenvalue weighted by Crippen LogP contribution is 2.24. The van der Waals surface area contributed by atoms with Crippen molar-refractivity contribution in [1.29, 1.82) is 0 Å². The summed E-state index contributed by atoms with van der Waals surface area (Å²) < 4.78 is 1.73. The molecule has 1 aromatic rings. The summed E-state index contributed by atoms with van der Waals surface area (Å²) in [5, 5.41) is 14.4. The molecule has 0 saturated heterocycles. The smallest absolute Gasteiger partial charge is 0.106 e. The highest BCUT2D eigenvalue weighted by Gasteiger charge is 2.24. The van der Waals surface area contributed by atoms with Crippen LogP contribution < -0.4 is 0 Å². The number of aryl methyl sites for hydroxylation is 1. The summed E-state index contributed by atoms with van der Waals surface area (Å²) in [6.07, 6.45) is 6.06. The van der Waals surface area contributed by atoms with Crippen molar-refractivity contribution in [2.75, 3.05) is 0 Å². The number of hydrogen-bond acceptors (Lipinski definition) is 2. The number of aromatic nitrogens is 2. The Labute approximate surface area is 85.8 Å². The average Bonchev–Trinajstić information content (AvgIpc) is 2.53. The van der Waals surface area contributed by atoms with Crippen LogP contribution in [0.15, 0.2) is 12.3 Å². The van der Waals surface area contributed by atoms with Gasteiger partial charge in [-0.05, 0) is 19.4 Å². The van der Waals surface area contributed by atoms with Gasteiger partial charge in [-0.25, -0.2) is 0 Å². The van der Waals surface area contributed by atoms with Crippen molar-refractivity contribution < 1.29 is 5.11 Å². The SMILES string of the molecule is CCCCCC(C)(O)c1ccn(C)n1. The molecule has 0 bridgehead atoms. The first-order valence-electron chi connectivity index (χ1n) is 5.29. The van der Waals surface area contributed by atoms with Gasteiger partial charge in [0.25, 0.3) is 0 Å². The zero-order valence-corrected chi connectivity index (χ0v) is 9.32. The number of unbranched alkanes of at least 4 members (excludes halogenated alkanes) is 2. The summed E-state index contributed by atoms with van der Waals surface area (Å²) in [6, 6.07) is 1.88. The minimum absolute atomic E-state index is 0.767. The highest BCUT2D eigenvalue weighted by atomic mass is 16.3. The fraction of sp³-hybridized carbons (Fsp3) is 0.727. The lowest BCUT2D eigenvalue weighted by atomic mass is 9.95. The lowest BCUT2D eigenvalue weighted by molar-refractivity contribution is 0.0400. The Morgan fingerprint density at radius 2 is 2.21 bits per heavy atom. The Morgan fingerprint density at radius 3 is 2.71 bits per heavy atom. The fourth-order valence-electron chi connectivity index (χ4n) is 1.55. The minimum Gasteiger partial charge on any atom is -0.384 e. The summed E-state index contributed by atoms with van der Waals surface area (Å²) in [4.78, 5) is 0. The van der Waals surface area contributed by atoms with Crippen molar-refractivity contribution in [3.63, 3.8) is 0 Å². The molecule has 0 amide bonds. The van der Waals surface area contributed by atoms with Crippen LogP contribution in [0, 0.1) is 0 Å². The normalized spacial score (nSPS) is 15.4. The van der Waals surface area contributed by atoms with Crippen LogP contribution in [0.2, 0.25) is 0 Å². The van der Waals surface area contributed by atoms with Gasteiger partial charge in [-0.15, -0.1) is 0 Å². The van der Waals surface area contributed by atoms with E-state index < -0.39 is 5.60 Å². The predicted molar refractivity (Wildman–Crippen MR) is 56.9 cm³/mol. The lowest BCUT2D eigenvalue weighted by Crippen LogP contribution is -2.21. The molecule has 3 nitrogen and oxygen atoms in total. The third-order valence-corrected chi connectivity index (χ3v) is 2.53. The molecule has 0 aliphatic heterocycles. The maximum Gasteiger partial charge on any atom is 0.106 e. The zero-order chi connectivity index (χ0) is 10.6. The quantitative estimate of drug-likeness (QED) is 0.733. The first kappa shape index (κ1) is 11.2. The van der Waals surface area contributed by atoms with E-state index in [0.717, 1.165) is 18.5 Å². The van der Waals surface area contributed by atoms with Gasteiger partial charge in [-0.2, -0.15) is 5.10 Å². The van der Waals surface area contributed by atoms with Crippen LogP contribution in [0.4, 0.5) is 0 Å². The Bertz CT molecular complexity index is 279. The van der Waals surface area contributed by atoms with Crippen molar-refractivity contribution in [1.82, 2.24) is 9.78 Å². The molecule has 0 fully saturated rings. The van der Waals surface area contributed by atoms with Crippen molar-refractivity contribution >= 4 is 0 Å². The molecule has 1 rings (SSSR count). The molecule has 0 saturated carbocycles. The van der Waals surface area contributed by atoms with E-state index in [0.29, 0.717) is 0 Å². The molecule has 3 heteroatoms. The lowest BCUT2D eigenvalue weighted by Gasteiger charge is -2.20. The minimum atomic E-state index is -0.767. The number of nitrogens with zero attached hydrogens (tertiary/aromatic N) is 2. The van der Waals surface area contributed by atoms with Crippen LogP contribution in [0.5, 0.6) is 0 Å². The molecule has 14 heavy (non-hydrogen) atoms. The summed E-state index contributed by atoms with van der Waals surface area (Å²) in [5.74, 6) is 0.